The zero-order chi connectivity index (χ0) is 17.5. The SMILES string of the molecule is CCN(C)C(=O)[C@@H](C)NC(=O)Nc1cccc(N2CCOCC2)c1. The summed E-state index contributed by atoms with van der Waals surface area (Å²) in [6, 6.07) is 6.71. The van der Waals surface area contributed by atoms with Crippen LogP contribution in [-0.2, 0) is 9.53 Å². The van der Waals surface area contributed by atoms with E-state index in [4.69, 9.17) is 4.74 Å². The fraction of sp³-hybridized carbons (Fsp3) is 0.529. The van der Waals surface area contributed by atoms with Gasteiger partial charge in [0.25, 0.3) is 0 Å². The van der Waals surface area contributed by atoms with Crippen molar-refractivity contribution in [3.05, 3.63) is 24.3 Å². The number of ether oxygens (including phenoxy) is 1. The van der Waals surface area contributed by atoms with Crippen LogP contribution in [0.3, 0.4) is 0 Å². The molecule has 1 aromatic rings. The number of urea groups is 1. The molecule has 2 N–H and O–H groups in total. The molecule has 7 heteroatoms. The Hall–Kier alpha value is -2.28. The van der Waals surface area contributed by atoms with E-state index in [-0.39, 0.29) is 11.9 Å². The fourth-order valence-electron chi connectivity index (χ4n) is 2.51. The number of hydrogen-bond donors (Lipinski definition) is 2. The second kappa shape index (κ2) is 8.54. The third-order valence-electron chi connectivity index (χ3n) is 4.05. The molecular weight excluding hydrogens is 308 g/mol. The van der Waals surface area contributed by atoms with Gasteiger partial charge in [0.1, 0.15) is 6.04 Å². The van der Waals surface area contributed by atoms with Gasteiger partial charge in [-0.05, 0) is 32.0 Å². The van der Waals surface area contributed by atoms with Crippen molar-refractivity contribution in [3.8, 4) is 0 Å². The van der Waals surface area contributed by atoms with Gasteiger partial charge in [0, 0.05) is 38.1 Å². The summed E-state index contributed by atoms with van der Waals surface area (Å²) in [7, 11) is 1.71. The van der Waals surface area contributed by atoms with Gasteiger partial charge in [-0.3, -0.25) is 4.79 Å². The topological polar surface area (TPSA) is 73.9 Å². The number of carbonyl (C=O) groups excluding carboxylic acids is 2. The third-order valence-corrected chi connectivity index (χ3v) is 4.05. The lowest BCUT2D eigenvalue weighted by atomic mass is 10.2. The van der Waals surface area contributed by atoms with Crippen molar-refractivity contribution in [3.63, 3.8) is 0 Å². The lowest BCUT2D eigenvalue weighted by Crippen LogP contribution is -2.46. The number of amides is 3. The average Bonchev–Trinajstić information content (AvgIpc) is 2.61. The summed E-state index contributed by atoms with van der Waals surface area (Å²) in [4.78, 5) is 27.9. The van der Waals surface area contributed by atoms with Crippen molar-refractivity contribution in [2.24, 2.45) is 0 Å². The molecule has 0 saturated carbocycles. The Bertz CT molecular complexity index is 573. The maximum Gasteiger partial charge on any atom is 0.319 e. The second-order valence-corrected chi connectivity index (χ2v) is 5.82. The number of nitrogens with zero attached hydrogens (tertiary/aromatic N) is 2. The lowest BCUT2D eigenvalue weighted by molar-refractivity contribution is -0.131. The Morgan fingerprint density at radius 1 is 1.33 bits per heavy atom. The first-order chi connectivity index (χ1) is 11.5. The van der Waals surface area contributed by atoms with Crippen molar-refractivity contribution in [1.82, 2.24) is 10.2 Å². The van der Waals surface area contributed by atoms with Crippen molar-refractivity contribution in [2.45, 2.75) is 19.9 Å². The summed E-state index contributed by atoms with van der Waals surface area (Å²) in [6.45, 7) is 7.27. The molecule has 1 saturated heterocycles. The molecule has 2 rings (SSSR count). The molecule has 7 nitrogen and oxygen atoms in total. The van der Waals surface area contributed by atoms with Gasteiger partial charge < -0.3 is 25.2 Å². The largest absolute Gasteiger partial charge is 0.378 e. The van der Waals surface area contributed by atoms with E-state index in [9.17, 15) is 9.59 Å². The van der Waals surface area contributed by atoms with E-state index in [1.54, 1.807) is 18.9 Å². The summed E-state index contributed by atoms with van der Waals surface area (Å²) >= 11 is 0. The number of hydrogen-bond acceptors (Lipinski definition) is 4. The number of benzene rings is 1. The third kappa shape index (κ3) is 4.86. The van der Waals surface area contributed by atoms with Gasteiger partial charge in [-0.25, -0.2) is 4.79 Å². The molecule has 1 aliphatic heterocycles. The second-order valence-electron chi connectivity index (χ2n) is 5.82. The average molecular weight is 334 g/mol. The predicted molar refractivity (Wildman–Crippen MR) is 94.4 cm³/mol. The summed E-state index contributed by atoms with van der Waals surface area (Å²) in [6.07, 6.45) is 0. The minimum absolute atomic E-state index is 0.116. The number of rotatable bonds is 5. The fourth-order valence-corrected chi connectivity index (χ4v) is 2.51. The van der Waals surface area contributed by atoms with Gasteiger partial charge in [-0.1, -0.05) is 6.07 Å². The zero-order valence-corrected chi connectivity index (χ0v) is 14.5. The Kier molecular flexibility index (Phi) is 6.43. The predicted octanol–water partition coefficient (Wildman–Crippen LogP) is 1.51. The molecule has 0 unspecified atom stereocenters. The highest BCUT2D eigenvalue weighted by Gasteiger charge is 2.18. The molecule has 1 atom stereocenters. The van der Waals surface area contributed by atoms with Gasteiger partial charge in [0.2, 0.25) is 5.91 Å². The first-order valence-corrected chi connectivity index (χ1v) is 8.26. The van der Waals surface area contributed by atoms with E-state index in [0.29, 0.717) is 25.4 Å². The summed E-state index contributed by atoms with van der Waals surface area (Å²) < 4.78 is 5.35. The van der Waals surface area contributed by atoms with Gasteiger partial charge in [-0.15, -0.1) is 0 Å². The van der Waals surface area contributed by atoms with Crippen molar-refractivity contribution >= 4 is 23.3 Å². The lowest BCUT2D eigenvalue weighted by Gasteiger charge is -2.29. The van der Waals surface area contributed by atoms with Crippen LogP contribution < -0.4 is 15.5 Å². The van der Waals surface area contributed by atoms with Crippen molar-refractivity contribution in [1.29, 1.82) is 0 Å². The number of carbonyl (C=O) groups is 2. The number of morpholine rings is 1. The molecule has 3 amide bonds. The molecular formula is C17H26N4O3. The quantitative estimate of drug-likeness (QED) is 0.856. The van der Waals surface area contributed by atoms with E-state index in [1.807, 2.05) is 31.2 Å². The van der Waals surface area contributed by atoms with E-state index in [1.165, 1.54) is 0 Å². The monoisotopic (exact) mass is 334 g/mol. The molecule has 0 spiro atoms. The smallest absolute Gasteiger partial charge is 0.319 e. The first-order valence-electron chi connectivity index (χ1n) is 8.26. The molecule has 1 fully saturated rings. The van der Waals surface area contributed by atoms with Crippen LogP contribution in [0.5, 0.6) is 0 Å². The van der Waals surface area contributed by atoms with Crippen LogP contribution in [0.1, 0.15) is 13.8 Å². The highest BCUT2D eigenvalue weighted by molar-refractivity contribution is 5.93. The van der Waals surface area contributed by atoms with Crippen molar-refractivity contribution in [2.75, 3.05) is 50.1 Å². The summed E-state index contributed by atoms with van der Waals surface area (Å²) in [5, 5.41) is 5.45. The molecule has 0 aliphatic carbocycles. The van der Waals surface area contributed by atoms with E-state index in [2.05, 4.69) is 15.5 Å². The van der Waals surface area contributed by atoms with Gasteiger partial charge in [-0.2, -0.15) is 0 Å². The van der Waals surface area contributed by atoms with Crippen LogP contribution in [-0.4, -0.2) is 62.8 Å². The summed E-state index contributed by atoms with van der Waals surface area (Å²) in [5.74, 6) is -0.116. The number of likely N-dealkylation sites (N-methyl/N-ethyl adjacent to an activating group) is 1. The molecule has 24 heavy (non-hydrogen) atoms. The standard InChI is InChI=1S/C17H26N4O3/c1-4-20(3)16(22)13(2)18-17(23)19-14-6-5-7-15(12-14)21-8-10-24-11-9-21/h5-7,12-13H,4,8-11H2,1-3H3,(H2,18,19,23)/t13-/m1/s1. The minimum atomic E-state index is -0.572. The maximum absolute atomic E-state index is 12.1. The highest BCUT2D eigenvalue weighted by Crippen LogP contribution is 2.20. The first kappa shape index (κ1) is 18.1. The molecule has 0 bridgehead atoms. The van der Waals surface area contributed by atoms with Gasteiger partial charge in [0.05, 0.1) is 13.2 Å². The van der Waals surface area contributed by atoms with Crippen LogP contribution in [0.4, 0.5) is 16.2 Å². The molecule has 0 radical (unpaired) electrons. The van der Waals surface area contributed by atoms with Crippen molar-refractivity contribution < 1.29 is 14.3 Å². The molecule has 1 heterocycles. The van der Waals surface area contributed by atoms with E-state index < -0.39 is 6.04 Å². The molecule has 132 valence electrons. The minimum Gasteiger partial charge on any atom is -0.378 e. The van der Waals surface area contributed by atoms with Crippen LogP contribution >= 0.6 is 0 Å². The highest BCUT2D eigenvalue weighted by atomic mass is 16.5. The van der Waals surface area contributed by atoms with Gasteiger partial charge >= 0.3 is 6.03 Å². The Labute approximate surface area is 142 Å². The van der Waals surface area contributed by atoms with Crippen LogP contribution in [0.2, 0.25) is 0 Å². The Morgan fingerprint density at radius 3 is 2.71 bits per heavy atom. The summed E-state index contributed by atoms with van der Waals surface area (Å²) in [5.41, 5.74) is 1.74. The Morgan fingerprint density at radius 2 is 2.04 bits per heavy atom. The number of nitrogens with one attached hydrogen (secondary N) is 2. The normalized spacial score (nSPS) is 15.5. The zero-order valence-electron chi connectivity index (χ0n) is 14.5. The van der Waals surface area contributed by atoms with E-state index >= 15 is 0 Å². The van der Waals surface area contributed by atoms with Crippen LogP contribution in [0.25, 0.3) is 0 Å². The van der Waals surface area contributed by atoms with Crippen LogP contribution in [0, 0.1) is 0 Å². The van der Waals surface area contributed by atoms with Crippen LogP contribution in [0.15, 0.2) is 24.3 Å². The van der Waals surface area contributed by atoms with E-state index in [0.717, 1.165) is 18.8 Å². The van der Waals surface area contributed by atoms with Gasteiger partial charge in [0.15, 0.2) is 0 Å². The molecule has 1 aromatic carbocycles. The molecule has 1 aliphatic rings. The Balaban J connectivity index is 1.93. The molecule has 0 aromatic heterocycles. The number of anilines is 2. The maximum atomic E-state index is 12.1.